The van der Waals surface area contributed by atoms with Crippen LogP contribution in [-0.2, 0) is 6.18 Å². The first-order valence-electron chi connectivity index (χ1n) is 9.01. The van der Waals surface area contributed by atoms with E-state index in [0.717, 1.165) is 18.3 Å². The summed E-state index contributed by atoms with van der Waals surface area (Å²) in [5.41, 5.74) is -0.833. The Kier molecular flexibility index (Phi) is 7.01. The van der Waals surface area contributed by atoms with Gasteiger partial charge in [0.15, 0.2) is 16.7 Å². The first kappa shape index (κ1) is 22.4. The Morgan fingerprint density at radius 1 is 1.06 bits per heavy atom. The third-order valence-electron chi connectivity index (χ3n) is 3.96. The van der Waals surface area contributed by atoms with E-state index < -0.39 is 11.7 Å². The molecule has 0 bridgehead atoms. The number of nitrogens with zero attached hydrogens (tertiary/aromatic N) is 3. The Hall–Kier alpha value is -3.27. The summed E-state index contributed by atoms with van der Waals surface area (Å²) in [7, 11) is 1.47. The van der Waals surface area contributed by atoms with Gasteiger partial charge in [0.2, 0.25) is 5.88 Å². The average molecular weight is 455 g/mol. The SMILES string of the molecule is COc1c(Cl)ncnc1NC(C)COc1ccc(Oc2cc(C(F)(F)F)ccn2)cc1. The molecule has 0 aliphatic rings. The molecule has 2 aromatic heterocycles. The lowest BCUT2D eigenvalue weighted by Gasteiger charge is -2.17. The van der Waals surface area contributed by atoms with Crippen molar-refractivity contribution < 1.29 is 27.4 Å². The fourth-order valence-electron chi connectivity index (χ4n) is 2.50. The van der Waals surface area contributed by atoms with Crippen molar-refractivity contribution in [2.24, 2.45) is 0 Å². The highest BCUT2D eigenvalue weighted by Gasteiger charge is 2.31. The summed E-state index contributed by atoms with van der Waals surface area (Å²) in [6, 6.07) is 7.99. The highest BCUT2D eigenvalue weighted by Crippen LogP contribution is 2.32. The van der Waals surface area contributed by atoms with Gasteiger partial charge in [-0.3, -0.25) is 0 Å². The van der Waals surface area contributed by atoms with Gasteiger partial charge in [-0.05, 0) is 37.3 Å². The molecule has 2 heterocycles. The summed E-state index contributed by atoms with van der Waals surface area (Å²) in [4.78, 5) is 11.7. The number of benzene rings is 1. The van der Waals surface area contributed by atoms with Crippen LogP contribution in [0.5, 0.6) is 23.1 Å². The van der Waals surface area contributed by atoms with Crippen molar-refractivity contribution in [1.82, 2.24) is 15.0 Å². The van der Waals surface area contributed by atoms with Gasteiger partial charge in [0.25, 0.3) is 0 Å². The summed E-state index contributed by atoms with van der Waals surface area (Å²) in [5.74, 6) is 1.49. The molecule has 1 aromatic carbocycles. The minimum Gasteiger partial charge on any atom is -0.491 e. The molecule has 0 amide bonds. The van der Waals surface area contributed by atoms with Crippen LogP contribution in [0.2, 0.25) is 5.15 Å². The van der Waals surface area contributed by atoms with Crippen LogP contribution in [0.25, 0.3) is 0 Å². The molecule has 1 N–H and O–H groups in total. The maximum atomic E-state index is 12.8. The molecule has 11 heteroatoms. The normalized spacial score (nSPS) is 12.2. The standard InChI is InChI=1S/C20H18ClF3N4O3/c1-12(28-19-17(29-2)18(21)26-11-27-19)10-30-14-3-5-15(6-4-14)31-16-9-13(7-8-25-16)20(22,23)24/h3-9,11-12H,10H2,1-2H3,(H,26,27,28). The summed E-state index contributed by atoms with van der Waals surface area (Å²) in [6.45, 7) is 2.17. The van der Waals surface area contributed by atoms with Crippen molar-refractivity contribution >= 4 is 17.4 Å². The van der Waals surface area contributed by atoms with Crippen LogP contribution in [0.3, 0.4) is 0 Å². The van der Waals surface area contributed by atoms with Gasteiger partial charge in [-0.2, -0.15) is 13.2 Å². The molecule has 3 rings (SSSR count). The quantitative estimate of drug-likeness (QED) is 0.467. The van der Waals surface area contributed by atoms with Crippen LogP contribution in [-0.4, -0.2) is 34.7 Å². The largest absolute Gasteiger partial charge is 0.491 e. The smallest absolute Gasteiger partial charge is 0.416 e. The summed E-state index contributed by atoms with van der Waals surface area (Å²) in [5, 5.41) is 3.32. The fourth-order valence-corrected chi connectivity index (χ4v) is 2.71. The first-order chi connectivity index (χ1) is 14.8. The molecule has 0 spiro atoms. The van der Waals surface area contributed by atoms with E-state index in [1.807, 2.05) is 6.92 Å². The number of rotatable bonds is 8. The van der Waals surface area contributed by atoms with Gasteiger partial charge in [-0.1, -0.05) is 11.6 Å². The third kappa shape index (κ3) is 6.11. The molecule has 3 aromatic rings. The Morgan fingerprint density at radius 2 is 1.77 bits per heavy atom. The fraction of sp³-hybridized carbons (Fsp3) is 0.250. The molecule has 31 heavy (non-hydrogen) atoms. The molecule has 164 valence electrons. The zero-order chi connectivity index (χ0) is 22.4. The van der Waals surface area contributed by atoms with E-state index in [4.69, 9.17) is 25.8 Å². The summed E-state index contributed by atoms with van der Waals surface area (Å²) < 4.78 is 54.6. The molecule has 0 radical (unpaired) electrons. The highest BCUT2D eigenvalue weighted by atomic mass is 35.5. The zero-order valence-electron chi connectivity index (χ0n) is 16.5. The number of pyridine rings is 1. The minimum absolute atomic E-state index is 0.148. The number of halogens is 4. The van der Waals surface area contributed by atoms with Crippen molar-refractivity contribution in [3.8, 4) is 23.1 Å². The lowest BCUT2D eigenvalue weighted by atomic mass is 10.2. The Balaban J connectivity index is 1.56. The molecular weight excluding hydrogens is 437 g/mol. The van der Waals surface area contributed by atoms with Crippen LogP contribution in [0.1, 0.15) is 12.5 Å². The molecule has 0 saturated heterocycles. The first-order valence-corrected chi connectivity index (χ1v) is 9.39. The van der Waals surface area contributed by atoms with Gasteiger partial charge in [0, 0.05) is 12.3 Å². The number of hydrogen-bond donors (Lipinski definition) is 1. The predicted molar refractivity (Wildman–Crippen MR) is 108 cm³/mol. The van der Waals surface area contributed by atoms with Crippen molar-refractivity contribution in [3.63, 3.8) is 0 Å². The van der Waals surface area contributed by atoms with Crippen molar-refractivity contribution in [1.29, 1.82) is 0 Å². The van der Waals surface area contributed by atoms with Crippen LogP contribution in [0, 0.1) is 0 Å². The van der Waals surface area contributed by atoms with Crippen LogP contribution >= 0.6 is 11.6 Å². The van der Waals surface area contributed by atoms with Crippen molar-refractivity contribution in [2.45, 2.75) is 19.1 Å². The number of methoxy groups -OCH3 is 1. The second kappa shape index (κ2) is 9.69. The third-order valence-corrected chi connectivity index (χ3v) is 4.23. The van der Waals surface area contributed by atoms with E-state index in [2.05, 4.69) is 20.3 Å². The molecule has 0 aliphatic heterocycles. The second-order valence-corrected chi connectivity index (χ2v) is 6.71. The molecule has 0 fully saturated rings. The van der Waals surface area contributed by atoms with E-state index >= 15 is 0 Å². The molecular formula is C20H18ClF3N4O3. The van der Waals surface area contributed by atoms with Gasteiger partial charge >= 0.3 is 6.18 Å². The average Bonchev–Trinajstić information content (AvgIpc) is 2.73. The Labute approximate surface area is 181 Å². The van der Waals surface area contributed by atoms with E-state index in [9.17, 15) is 13.2 Å². The van der Waals surface area contributed by atoms with E-state index in [1.165, 1.54) is 13.4 Å². The van der Waals surface area contributed by atoms with Gasteiger partial charge in [-0.25, -0.2) is 15.0 Å². The lowest BCUT2D eigenvalue weighted by Crippen LogP contribution is -2.24. The number of anilines is 1. The van der Waals surface area contributed by atoms with Gasteiger partial charge < -0.3 is 19.5 Å². The molecule has 0 saturated carbocycles. The number of nitrogens with one attached hydrogen (secondary N) is 1. The number of hydrogen-bond acceptors (Lipinski definition) is 7. The van der Waals surface area contributed by atoms with Crippen molar-refractivity contribution in [2.75, 3.05) is 19.0 Å². The molecule has 1 unspecified atom stereocenters. The van der Waals surface area contributed by atoms with E-state index in [0.29, 0.717) is 29.7 Å². The van der Waals surface area contributed by atoms with Gasteiger partial charge in [-0.15, -0.1) is 0 Å². The maximum absolute atomic E-state index is 12.8. The monoisotopic (exact) mass is 454 g/mol. The van der Waals surface area contributed by atoms with E-state index in [-0.39, 0.29) is 17.1 Å². The van der Waals surface area contributed by atoms with Crippen LogP contribution in [0.15, 0.2) is 48.9 Å². The Bertz CT molecular complexity index is 1020. The maximum Gasteiger partial charge on any atom is 0.416 e. The van der Waals surface area contributed by atoms with E-state index in [1.54, 1.807) is 24.3 Å². The lowest BCUT2D eigenvalue weighted by molar-refractivity contribution is -0.137. The van der Waals surface area contributed by atoms with Crippen molar-refractivity contribution in [3.05, 3.63) is 59.6 Å². The number of aromatic nitrogens is 3. The van der Waals surface area contributed by atoms with Gasteiger partial charge in [0.1, 0.15) is 24.4 Å². The predicted octanol–water partition coefficient (Wildman–Crippen LogP) is 5.22. The topological polar surface area (TPSA) is 78.4 Å². The van der Waals surface area contributed by atoms with Gasteiger partial charge in [0.05, 0.1) is 18.7 Å². The summed E-state index contributed by atoms with van der Waals surface area (Å²) >= 11 is 5.97. The zero-order valence-corrected chi connectivity index (χ0v) is 17.2. The van der Waals surface area contributed by atoms with Crippen LogP contribution in [0.4, 0.5) is 19.0 Å². The van der Waals surface area contributed by atoms with Crippen LogP contribution < -0.4 is 19.5 Å². The highest BCUT2D eigenvalue weighted by molar-refractivity contribution is 6.31. The minimum atomic E-state index is -4.47. The summed E-state index contributed by atoms with van der Waals surface area (Å²) in [6.07, 6.45) is -2.10. The second-order valence-electron chi connectivity index (χ2n) is 6.36. The molecule has 0 aliphatic carbocycles. The molecule has 1 atom stereocenters. The number of alkyl halides is 3. The number of ether oxygens (including phenoxy) is 3. The molecule has 7 nitrogen and oxygen atoms in total. The Morgan fingerprint density at radius 3 is 2.45 bits per heavy atom.